The van der Waals surface area contributed by atoms with Gasteiger partial charge < -0.3 is 10.6 Å². The van der Waals surface area contributed by atoms with Gasteiger partial charge in [-0.3, -0.25) is 4.90 Å². The van der Waals surface area contributed by atoms with E-state index < -0.39 is 0 Å². The first kappa shape index (κ1) is 13.3. The molecule has 2 saturated heterocycles. The zero-order valence-corrected chi connectivity index (χ0v) is 11.5. The molecule has 0 bridgehead atoms. The van der Waals surface area contributed by atoms with Crippen LogP contribution in [0.25, 0.3) is 0 Å². The fourth-order valence-corrected chi connectivity index (χ4v) is 3.53. The zero-order chi connectivity index (χ0) is 12.1. The van der Waals surface area contributed by atoms with Gasteiger partial charge in [-0.25, -0.2) is 0 Å². The van der Waals surface area contributed by atoms with E-state index in [9.17, 15) is 0 Å². The second-order valence-electron chi connectivity index (χ2n) is 5.82. The number of piperidine rings is 2. The zero-order valence-electron chi connectivity index (χ0n) is 11.5. The average Bonchev–Trinajstić information content (AvgIpc) is 2.41. The highest BCUT2D eigenvalue weighted by atomic mass is 15.2. The number of rotatable bonds is 4. The third-order valence-corrected chi connectivity index (χ3v) is 4.73. The molecule has 2 aliphatic heterocycles. The third-order valence-electron chi connectivity index (χ3n) is 4.73. The molecule has 0 spiro atoms. The molecule has 0 atom stereocenters. The van der Waals surface area contributed by atoms with E-state index in [1.165, 1.54) is 71.2 Å². The fraction of sp³-hybridized carbons (Fsp3) is 1.00. The van der Waals surface area contributed by atoms with Crippen molar-refractivity contribution in [3.8, 4) is 0 Å². The van der Waals surface area contributed by atoms with Crippen molar-refractivity contribution in [1.29, 1.82) is 0 Å². The van der Waals surface area contributed by atoms with Crippen LogP contribution in [-0.4, -0.2) is 54.6 Å². The molecule has 0 aliphatic carbocycles. The number of nitrogens with two attached hydrogens (primary N) is 1. The Morgan fingerprint density at radius 3 is 2.18 bits per heavy atom. The molecule has 3 heteroatoms. The quantitative estimate of drug-likeness (QED) is 0.810. The molecular weight excluding hydrogens is 210 g/mol. The van der Waals surface area contributed by atoms with Gasteiger partial charge in [0.1, 0.15) is 0 Å². The molecule has 0 aromatic carbocycles. The lowest BCUT2D eigenvalue weighted by molar-refractivity contribution is 0.0144. The summed E-state index contributed by atoms with van der Waals surface area (Å²) in [7, 11) is 0. The summed E-state index contributed by atoms with van der Waals surface area (Å²) in [6.07, 6.45) is 8.01. The van der Waals surface area contributed by atoms with E-state index >= 15 is 0 Å². The van der Waals surface area contributed by atoms with Gasteiger partial charge in [0.2, 0.25) is 0 Å². The molecule has 0 aromatic heterocycles. The molecule has 2 rings (SSSR count). The Hall–Kier alpha value is -0.120. The van der Waals surface area contributed by atoms with Gasteiger partial charge in [0.15, 0.2) is 0 Å². The summed E-state index contributed by atoms with van der Waals surface area (Å²) in [6, 6.07) is 0. The molecule has 2 heterocycles. The van der Waals surface area contributed by atoms with E-state index in [4.69, 9.17) is 5.73 Å². The topological polar surface area (TPSA) is 32.5 Å². The lowest BCUT2D eigenvalue weighted by atomic mass is 9.84. The van der Waals surface area contributed by atoms with Crippen molar-refractivity contribution >= 4 is 0 Å². The first-order valence-corrected chi connectivity index (χ1v) is 7.48. The monoisotopic (exact) mass is 239 g/mol. The van der Waals surface area contributed by atoms with Crippen LogP contribution in [0.15, 0.2) is 0 Å². The van der Waals surface area contributed by atoms with Crippen LogP contribution >= 0.6 is 0 Å². The van der Waals surface area contributed by atoms with Gasteiger partial charge >= 0.3 is 0 Å². The highest BCUT2D eigenvalue weighted by Crippen LogP contribution is 2.30. The minimum Gasteiger partial charge on any atom is -0.329 e. The molecule has 2 aliphatic rings. The molecular formula is C14H29N3. The molecule has 0 amide bonds. The van der Waals surface area contributed by atoms with Crippen LogP contribution in [0.3, 0.4) is 0 Å². The lowest BCUT2D eigenvalue weighted by Crippen LogP contribution is -2.60. The van der Waals surface area contributed by atoms with Crippen LogP contribution in [0.1, 0.15) is 45.4 Å². The van der Waals surface area contributed by atoms with E-state index in [2.05, 4.69) is 16.7 Å². The standard InChI is InChI=1S/C14H29N3/c1-2-8-16-11-6-14(13-15,7-12-16)17-9-4-3-5-10-17/h2-13,15H2,1H3. The summed E-state index contributed by atoms with van der Waals surface area (Å²) >= 11 is 0. The molecule has 3 nitrogen and oxygen atoms in total. The summed E-state index contributed by atoms with van der Waals surface area (Å²) in [5.41, 5.74) is 6.47. The second kappa shape index (κ2) is 6.17. The Kier molecular flexibility index (Phi) is 4.83. The highest BCUT2D eigenvalue weighted by Gasteiger charge is 2.38. The molecule has 0 radical (unpaired) electrons. The van der Waals surface area contributed by atoms with Gasteiger partial charge in [0.05, 0.1) is 0 Å². The van der Waals surface area contributed by atoms with Gasteiger partial charge in [0, 0.05) is 12.1 Å². The van der Waals surface area contributed by atoms with Crippen LogP contribution in [0.2, 0.25) is 0 Å². The molecule has 100 valence electrons. The van der Waals surface area contributed by atoms with Crippen LogP contribution < -0.4 is 5.73 Å². The van der Waals surface area contributed by atoms with Crippen molar-refractivity contribution in [3.63, 3.8) is 0 Å². The van der Waals surface area contributed by atoms with Crippen LogP contribution in [0.5, 0.6) is 0 Å². The van der Waals surface area contributed by atoms with Gasteiger partial charge in [-0.2, -0.15) is 0 Å². The first-order valence-electron chi connectivity index (χ1n) is 7.48. The van der Waals surface area contributed by atoms with E-state index in [1.807, 2.05) is 0 Å². The fourth-order valence-electron chi connectivity index (χ4n) is 3.53. The van der Waals surface area contributed by atoms with Crippen LogP contribution in [0.4, 0.5) is 0 Å². The third kappa shape index (κ3) is 3.01. The Balaban J connectivity index is 1.92. The number of hydrogen-bond acceptors (Lipinski definition) is 3. The second-order valence-corrected chi connectivity index (χ2v) is 5.82. The molecule has 0 saturated carbocycles. The maximum Gasteiger partial charge on any atom is 0.0356 e. The van der Waals surface area contributed by atoms with Gasteiger partial charge in [0.25, 0.3) is 0 Å². The lowest BCUT2D eigenvalue weighted by Gasteiger charge is -2.50. The number of nitrogens with zero attached hydrogens (tertiary/aromatic N) is 2. The Morgan fingerprint density at radius 2 is 1.65 bits per heavy atom. The smallest absolute Gasteiger partial charge is 0.0356 e. The Morgan fingerprint density at radius 1 is 1.00 bits per heavy atom. The minimum atomic E-state index is 0.338. The van der Waals surface area contributed by atoms with Crippen molar-refractivity contribution in [1.82, 2.24) is 9.80 Å². The Bertz CT molecular complexity index is 216. The van der Waals surface area contributed by atoms with E-state index in [0.717, 1.165) is 6.54 Å². The van der Waals surface area contributed by atoms with Crippen molar-refractivity contribution in [3.05, 3.63) is 0 Å². The Labute approximate surface area is 106 Å². The van der Waals surface area contributed by atoms with Crippen molar-refractivity contribution in [2.24, 2.45) is 5.73 Å². The largest absolute Gasteiger partial charge is 0.329 e. The summed E-state index contributed by atoms with van der Waals surface area (Å²) in [6.45, 7) is 9.46. The van der Waals surface area contributed by atoms with Crippen molar-refractivity contribution in [2.45, 2.75) is 51.0 Å². The van der Waals surface area contributed by atoms with Gasteiger partial charge in [-0.05, 0) is 64.8 Å². The molecule has 2 fully saturated rings. The van der Waals surface area contributed by atoms with Crippen LogP contribution in [0, 0.1) is 0 Å². The average molecular weight is 239 g/mol. The summed E-state index contributed by atoms with van der Waals surface area (Å²) in [4.78, 5) is 5.32. The van der Waals surface area contributed by atoms with Gasteiger partial charge in [-0.15, -0.1) is 0 Å². The molecule has 0 aromatic rings. The predicted molar refractivity (Wildman–Crippen MR) is 73.2 cm³/mol. The number of likely N-dealkylation sites (tertiary alicyclic amines) is 2. The predicted octanol–water partition coefficient (Wildman–Crippen LogP) is 1.68. The maximum atomic E-state index is 6.13. The van der Waals surface area contributed by atoms with E-state index in [-0.39, 0.29) is 0 Å². The van der Waals surface area contributed by atoms with E-state index in [0.29, 0.717) is 5.54 Å². The normalized spacial score (nSPS) is 27.2. The molecule has 2 N–H and O–H groups in total. The molecule has 17 heavy (non-hydrogen) atoms. The highest BCUT2D eigenvalue weighted by molar-refractivity contribution is 4.97. The molecule has 0 unspecified atom stereocenters. The van der Waals surface area contributed by atoms with Crippen molar-refractivity contribution in [2.75, 3.05) is 39.3 Å². The number of hydrogen-bond donors (Lipinski definition) is 1. The van der Waals surface area contributed by atoms with E-state index in [1.54, 1.807) is 0 Å². The SMILES string of the molecule is CCCN1CCC(CN)(N2CCCCC2)CC1. The maximum absolute atomic E-state index is 6.13. The minimum absolute atomic E-state index is 0.338. The van der Waals surface area contributed by atoms with Gasteiger partial charge in [-0.1, -0.05) is 13.3 Å². The summed E-state index contributed by atoms with van der Waals surface area (Å²) in [5.74, 6) is 0. The summed E-state index contributed by atoms with van der Waals surface area (Å²) in [5, 5.41) is 0. The van der Waals surface area contributed by atoms with Crippen molar-refractivity contribution < 1.29 is 0 Å². The summed E-state index contributed by atoms with van der Waals surface area (Å²) < 4.78 is 0. The first-order chi connectivity index (χ1) is 8.30. The van der Waals surface area contributed by atoms with Crippen LogP contribution in [-0.2, 0) is 0 Å².